The highest BCUT2D eigenvalue weighted by molar-refractivity contribution is 5.38. The van der Waals surface area contributed by atoms with E-state index < -0.39 is 0 Å². The van der Waals surface area contributed by atoms with Crippen molar-refractivity contribution in [2.45, 2.75) is 25.8 Å². The molecule has 1 aliphatic rings. The van der Waals surface area contributed by atoms with Crippen LogP contribution in [0.3, 0.4) is 0 Å². The van der Waals surface area contributed by atoms with Crippen LogP contribution in [0.4, 0.5) is 4.39 Å². The number of nitriles is 1. The van der Waals surface area contributed by atoms with Gasteiger partial charge in [-0.3, -0.25) is 4.79 Å². The van der Waals surface area contributed by atoms with Crippen LogP contribution in [0.2, 0.25) is 0 Å². The third-order valence-corrected chi connectivity index (χ3v) is 3.77. The summed E-state index contributed by atoms with van der Waals surface area (Å²) in [6.07, 6.45) is 2.87. The van der Waals surface area contributed by atoms with Crippen LogP contribution in [0, 0.1) is 17.1 Å². The predicted octanol–water partition coefficient (Wildman–Crippen LogP) is 2.40. The third kappa shape index (κ3) is 2.12. The lowest BCUT2D eigenvalue weighted by Gasteiger charge is -2.13. The van der Waals surface area contributed by atoms with Crippen LogP contribution in [0.25, 0.3) is 0 Å². The molecule has 3 rings (SSSR count). The molecule has 0 radical (unpaired) electrons. The molecule has 1 aromatic heterocycles. The van der Waals surface area contributed by atoms with Gasteiger partial charge in [-0.15, -0.1) is 0 Å². The molecular formula is C16H13FN2O. The van der Waals surface area contributed by atoms with E-state index in [0.717, 1.165) is 25.0 Å². The Labute approximate surface area is 115 Å². The lowest BCUT2D eigenvalue weighted by molar-refractivity contribution is 0.620. The minimum absolute atomic E-state index is 0.0983. The van der Waals surface area contributed by atoms with E-state index in [1.807, 2.05) is 12.1 Å². The normalized spacial score (nSPS) is 13.0. The van der Waals surface area contributed by atoms with Crippen molar-refractivity contribution >= 4 is 0 Å². The van der Waals surface area contributed by atoms with Crippen molar-refractivity contribution in [2.24, 2.45) is 0 Å². The Morgan fingerprint density at radius 1 is 1.25 bits per heavy atom. The molecule has 0 fully saturated rings. The van der Waals surface area contributed by atoms with Gasteiger partial charge in [0.2, 0.25) is 0 Å². The molecule has 0 bridgehead atoms. The van der Waals surface area contributed by atoms with E-state index in [1.54, 1.807) is 10.6 Å². The molecule has 3 nitrogen and oxygen atoms in total. The van der Waals surface area contributed by atoms with Crippen LogP contribution in [0.1, 0.15) is 28.8 Å². The zero-order chi connectivity index (χ0) is 14.1. The third-order valence-electron chi connectivity index (χ3n) is 3.77. The van der Waals surface area contributed by atoms with Gasteiger partial charge in [0.05, 0.1) is 18.2 Å². The first-order valence-electron chi connectivity index (χ1n) is 6.59. The lowest BCUT2D eigenvalue weighted by atomic mass is 10.1. The molecule has 0 amide bonds. The monoisotopic (exact) mass is 268 g/mol. The second-order valence-electron chi connectivity index (χ2n) is 5.00. The molecular weight excluding hydrogens is 255 g/mol. The summed E-state index contributed by atoms with van der Waals surface area (Å²) < 4.78 is 15.0. The molecule has 0 spiro atoms. The van der Waals surface area contributed by atoms with Crippen LogP contribution in [0.15, 0.2) is 35.1 Å². The zero-order valence-corrected chi connectivity index (χ0v) is 10.9. The first kappa shape index (κ1) is 12.6. The summed E-state index contributed by atoms with van der Waals surface area (Å²) in [7, 11) is 0. The second kappa shape index (κ2) is 4.93. The molecule has 1 heterocycles. The van der Waals surface area contributed by atoms with Crippen molar-refractivity contribution in [2.75, 3.05) is 0 Å². The SMILES string of the molecule is N#Cc1ccc(F)cc1Cn1c2c(ccc1=O)CCC2. The number of benzene rings is 1. The van der Waals surface area contributed by atoms with Gasteiger partial charge < -0.3 is 4.57 Å². The number of nitrogens with zero attached hydrogens (tertiary/aromatic N) is 2. The van der Waals surface area contributed by atoms with Crippen LogP contribution in [0.5, 0.6) is 0 Å². The van der Waals surface area contributed by atoms with E-state index in [2.05, 4.69) is 0 Å². The Bertz CT molecular complexity index is 771. The molecule has 1 aromatic carbocycles. The number of aryl methyl sites for hydroxylation is 1. The first-order chi connectivity index (χ1) is 9.69. The summed E-state index contributed by atoms with van der Waals surface area (Å²) >= 11 is 0. The minimum atomic E-state index is -0.389. The van der Waals surface area contributed by atoms with Gasteiger partial charge in [-0.05, 0) is 48.6 Å². The summed E-state index contributed by atoms with van der Waals surface area (Å²) in [6.45, 7) is 0.253. The van der Waals surface area contributed by atoms with Crippen LogP contribution in [-0.4, -0.2) is 4.57 Å². The van der Waals surface area contributed by atoms with Crippen LogP contribution in [-0.2, 0) is 19.4 Å². The van der Waals surface area contributed by atoms with E-state index in [4.69, 9.17) is 5.26 Å². The number of aromatic nitrogens is 1. The Morgan fingerprint density at radius 2 is 2.10 bits per heavy atom. The van der Waals surface area contributed by atoms with Gasteiger partial charge in [0.25, 0.3) is 5.56 Å². The fourth-order valence-electron chi connectivity index (χ4n) is 2.78. The minimum Gasteiger partial charge on any atom is -0.308 e. The second-order valence-corrected chi connectivity index (χ2v) is 5.00. The quantitative estimate of drug-likeness (QED) is 0.839. The van der Waals surface area contributed by atoms with Crippen LogP contribution >= 0.6 is 0 Å². The van der Waals surface area contributed by atoms with Crippen molar-refractivity contribution in [3.63, 3.8) is 0 Å². The van der Waals surface area contributed by atoms with Gasteiger partial charge in [0.1, 0.15) is 5.82 Å². The van der Waals surface area contributed by atoms with E-state index in [9.17, 15) is 9.18 Å². The molecule has 0 N–H and O–H groups in total. The average Bonchev–Trinajstić information content (AvgIpc) is 2.91. The summed E-state index contributed by atoms with van der Waals surface area (Å²) in [5.41, 5.74) is 3.06. The predicted molar refractivity (Wildman–Crippen MR) is 72.9 cm³/mol. The zero-order valence-electron chi connectivity index (χ0n) is 10.9. The Morgan fingerprint density at radius 3 is 2.90 bits per heavy atom. The Hall–Kier alpha value is -2.41. The molecule has 0 saturated heterocycles. The number of halogens is 1. The summed E-state index contributed by atoms with van der Waals surface area (Å²) in [5, 5.41) is 9.09. The first-order valence-corrected chi connectivity index (χ1v) is 6.59. The number of rotatable bonds is 2. The molecule has 0 aliphatic heterocycles. The topological polar surface area (TPSA) is 45.8 Å². The number of fused-ring (bicyclic) bond motifs is 1. The largest absolute Gasteiger partial charge is 0.308 e. The van der Waals surface area contributed by atoms with Crippen molar-refractivity contribution in [3.8, 4) is 6.07 Å². The molecule has 0 unspecified atom stereocenters. The fraction of sp³-hybridized carbons (Fsp3) is 0.250. The molecule has 0 atom stereocenters. The summed E-state index contributed by atoms with van der Waals surface area (Å²) in [4.78, 5) is 12.1. The highest BCUT2D eigenvalue weighted by atomic mass is 19.1. The smallest absolute Gasteiger partial charge is 0.251 e. The highest BCUT2D eigenvalue weighted by Crippen LogP contribution is 2.21. The fourth-order valence-corrected chi connectivity index (χ4v) is 2.78. The molecule has 4 heteroatoms. The van der Waals surface area contributed by atoms with Crippen LogP contribution < -0.4 is 5.56 Å². The molecule has 2 aromatic rings. The molecule has 0 saturated carbocycles. The molecule has 1 aliphatic carbocycles. The van der Waals surface area contributed by atoms with Crippen molar-refractivity contribution in [1.29, 1.82) is 5.26 Å². The summed E-state index contributed by atoms with van der Waals surface area (Å²) in [6, 6.07) is 9.53. The van der Waals surface area contributed by atoms with Gasteiger partial charge >= 0.3 is 0 Å². The van der Waals surface area contributed by atoms with Gasteiger partial charge in [-0.1, -0.05) is 6.07 Å². The Kier molecular flexibility index (Phi) is 3.11. The lowest BCUT2D eigenvalue weighted by Crippen LogP contribution is -2.23. The van der Waals surface area contributed by atoms with E-state index in [1.165, 1.54) is 23.8 Å². The van der Waals surface area contributed by atoms with Gasteiger partial charge in [-0.25, -0.2) is 4.39 Å². The average molecular weight is 268 g/mol. The highest BCUT2D eigenvalue weighted by Gasteiger charge is 2.16. The maximum Gasteiger partial charge on any atom is 0.251 e. The van der Waals surface area contributed by atoms with Gasteiger partial charge in [0.15, 0.2) is 0 Å². The Balaban J connectivity index is 2.09. The maximum absolute atomic E-state index is 13.4. The maximum atomic E-state index is 13.4. The number of pyridine rings is 1. The van der Waals surface area contributed by atoms with Crippen molar-refractivity contribution < 1.29 is 4.39 Å². The van der Waals surface area contributed by atoms with E-state index in [0.29, 0.717) is 11.1 Å². The van der Waals surface area contributed by atoms with Gasteiger partial charge in [0, 0.05) is 11.8 Å². The molecule has 100 valence electrons. The van der Waals surface area contributed by atoms with Gasteiger partial charge in [-0.2, -0.15) is 5.26 Å². The number of hydrogen-bond acceptors (Lipinski definition) is 2. The van der Waals surface area contributed by atoms with Crippen molar-refractivity contribution in [1.82, 2.24) is 4.57 Å². The van der Waals surface area contributed by atoms with Crippen molar-refractivity contribution in [3.05, 3.63) is 68.9 Å². The summed E-state index contributed by atoms with van der Waals surface area (Å²) in [5.74, 6) is -0.389. The van der Waals surface area contributed by atoms with E-state index in [-0.39, 0.29) is 17.9 Å². The standard InChI is InChI=1S/C16H13FN2O/c17-14-6-4-12(9-18)13(8-14)10-19-15-3-1-2-11(15)5-7-16(19)20/h4-8H,1-3,10H2. The number of hydrogen-bond donors (Lipinski definition) is 0. The van der Waals surface area contributed by atoms with E-state index >= 15 is 0 Å². The molecule has 20 heavy (non-hydrogen) atoms.